The number of hydrogen-bond acceptors (Lipinski definition) is 4. The van der Waals surface area contributed by atoms with E-state index < -0.39 is 0 Å². The Labute approximate surface area is 113 Å². The Hall–Kier alpha value is -1.59. The summed E-state index contributed by atoms with van der Waals surface area (Å²) in [6.07, 6.45) is 1.75. The molecule has 1 fully saturated rings. The number of nitrogens with zero attached hydrogens (tertiary/aromatic N) is 3. The van der Waals surface area contributed by atoms with Gasteiger partial charge in [-0.15, -0.1) is 0 Å². The summed E-state index contributed by atoms with van der Waals surface area (Å²) in [6.45, 7) is 6.20. The van der Waals surface area contributed by atoms with Crippen LogP contribution in [-0.4, -0.2) is 61.3 Å². The molecule has 1 aromatic carbocycles. The second-order valence-corrected chi connectivity index (χ2v) is 4.93. The van der Waals surface area contributed by atoms with Crippen LogP contribution in [0.1, 0.15) is 0 Å². The number of piperazine rings is 1. The van der Waals surface area contributed by atoms with Gasteiger partial charge in [-0.1, -0.05) is 0 Å². The van der Waals surface area contributed by atoms with E-state index in [-0.39, 0.29) is 0 Å². The third kappa shape index (κ3) is 2.72. The highest BCUT2D eigenvalue weighted by molar-refractivity contribution is 5.79. The van der Waals surface area contributed by atoms with Gasteiger partial charge in [0.15, 0.2) is 0 Å². The molecule has 0 atom stereocenters. The van der Waals surface area contributed by atoms with Gasteiger partial charge in [-0.3, -0.25) is 4.90 Å². The number of methoxy groups -OCH3 is 1. The van der Waals surface area contributed by atoms with Gasteiger partial charge in [0.25, 0.3) is 0 Å². The minimum Gasteiger partial charge on any atom is -0.383 e. The summed E-state index contributed by atoms with van der Waals surface area (Å²) in [6, 6.07) is 6.43. The van der Waals surface area contributed by atoms with Gasteiger partial charge in [-0.05, 0) is 18.2 Å². The van der Waals surface area contributed by atoms with Crippen molar-refractivity contribution in [3.05, 3.63) is 24.5 Å². The van der Waals surface area contributed by atoms with Gasteiger partial charge in [0.2, 0.25) is 0 Å². The maximum atomic E-state index is 5.13. The Balaban J connectivity index is 1.64. The lowest BCUT2D eigenvalue weighted by atomic mass is 10.2. The number of aromatic nitrogens is 2. The summed E-state index contributed by atoms with van der Waals surface area (Å²) in [4.78, 5) is 12.3. The van der Waals surface area contributed by atoms with Crippen molar-refractivity contribution < 1.29 is 4.74 Å². The summed E-state index contributed by atoms with van der Waals surface area (Å²) < 4.78 is 5.13. The lowest BCUT2D eigenvalue weighted by Gasteiger charge is -2.36. The van der Waals surface area contributed by atoms with Gasteiger partial charge >= 0.3 is 0 Å². The van der Waals surface area contributed by atoms with E-state index in [0.717, 1.165) is 50.4 Å². The second kappa shape index (κ2) is 5.59. The molecule has 5 heteroatoms. The Bertz CT molecular complexity index is 531. The minimum absolute atomic E-state index is 0.820. The van der Waals surface area contributed by atoms with Crippen LogP contribution in [0, 0.1) is 0 Å². The van der Waals surface area contributed by atoms with Gasteiger partial charge in [0, 0.05) is 45.5 Å². The van der Waals surface area contributed by atoms with Crippen molar-refractivity contribution in [3.8, 4) is 0 Å². The number of imidazole rings is 1. The van der Waals surface area contributed by atoms with E-state index in [1.165, 1.54) is 5.69 Å². The zero-order chi connectivity index (χ0) is 13.1. The van der Waals surface area contributed by atoms with Crippen LogP contribution >= 0.6 is 0 Å². The van der Waals surface area contributed by atoms with Crippen LogP contribution in [0.3, 0.4) is 0 Å². The van der Waals surface area contributed by atoms with E-state index in [1.54, 1.807) is 13.4 Å². The quantitative estimate of drug-likeness (QED) is 0.901. The standard InChI is InChI=1S/C14H20N4O/c1-19-9-8-17-4-6-18(7-5-17)12-2-3-13-14(10-12)16-11-15-13/h2-3,10-11H,4-9H2,1H3,(H,15,16). The summed E-state index contributed by atoms with van der Waals surface area (Å²) >= 11 is 0. The highest BCUT2D eigenvalue weighted by Gasteiger charge is 2.17. The lowest BCUT2D eigenvalue weighted by molar-refractivity contribution is 0.144. The van der Waals surface area contributed by atoms with Crippen molar-refractivity contribution in [2.45, 2.75) is 0 Å². The van der Waals surface area contributed by atoms with Crippen LogP contribution in [-0.2, 0) is 4.74 Å². The number of benzene rings is 1. The second-order valence-electron chi connectivity index (χ2n) is 4.93. The van der Waals surface area contributed by atoms with Crippen molar-refractivity contribution in [1.29, 1.82) is 0 Å². The highest BCUT2D eigenvalue weighted by Crippen LogP contribution is 2.20. The van der Waals surface area contributed by atoms with Gasteiger partial charge < -0.3 is 14.6 Å². The molecule has 0 aliphatic carbocycles. The molecule has 102 valence electrons. The van der Waals surface area contributed by atoms with E-state index in [2.05, 4.69) is 38.0 Å². The topological polar surface area (TPSA) is 44.4 Å². The number of fused-ring (bicyclic) bond motifs is 1. The molecule has 0 bridgehead atoms. The van der Waals surface area contributed by atoms with E-state index in [0.29, 0.717) is 0 Å². The average molecular weight is 260 g/mol. The van der Waals surface area contributed by atoms with E-state index in [9.17, 15) is 0 Å². The van der Waals surface area contributed by atoms with Gasteiger partial charge in [0.1, 0.15) is 0 Å². The van der Waals surface area contributed by atoms with Gasteiger partial charge in [-0.2, -0.15) is 0 Å². The maximum Gasteiger partial charge on any atom is 0.0931 e. The maximum absolute atomic E-state index is 5.13. The molecule has 5 nitrogen and oxygen atoms in total. The fourth-order valence-corrected chi connectivity index (χ4v) is 2.57. The average Bonchev–Trinajstić information content (AvgIpc) is 2.93. The van der Waals surface area contributed by atoms with Crippen molar-refractivity contribution >= 4 is 16.7 Å². The molecule has 0 amide bonds. The number of aromatic amines is 1. The van der Waals surface area contributed by atoms with Crippen molar-refractivity contribution in [1.82, 2.24) is 14.9 Å². The molecular weight excluding hydrogens is 240 g/mol. The van der Waals surface area contributed by atoms with Crippen LogP contribution in [0.5, 0.6) is 0 Å². The first-order valence-corrected chi connectivity index (χ1v) is 6.76. The first kappa shape index (κ1) is 12.4. The molecule has 1 aliphatic rings. The number of anilines is 1. The molecule has 0 spiro atoms. The number of H-pyrrole nitrogens is 1. The number of rotatable bonds is 4. The van der Waals surface area contributed by atoms with E-state index >= 15 is 0 Å². The molecular formula is C14H20N4O. The zero-order valence-electron chi connectivity index (χ0n) is 11.3. The molecule has 0 radical (unpaired) electrons. The number of nitrogens with one attached hydrogen (secondary N) is 1. The van der Waals surface area contributed by atoms with Gasteiger partial charge in [-0.25, -0.2) is 4.98 Å². The minimum atomic E-state index is 0.820. The van der Waals surface area contributed by atoms with Crippen molar-refractivity contribution in [3.63, 3.8) is 0 Å². The predicted octanol–water partition coefficient (Wildman–Crippen LogP) is 1.33. The molecule has 1 saturated heterocycles. The van der Waals surface area contributed by atoms with Crippen LogP contribution in [0.2, 0.25) is 0 Å². The molecule has 3 rings (SSSR count). The van der Waals surface area contributed by atoms with E-state index in [4.69, 9.17) is 4.74 Å². The van der Waals surface area contributed by atoms with Crippen LogP contribution < -0.4 is 4.90 Å². The molecule has 1 aliphatic heterocycles. The van der Waals surface area contributed by atoms with Crippen LogP contribution in [0.25, 0.3) is 11.0 Å². The fourth-order valence-electron chi connectivity index (χ4n) is 2.57. The smallest absolute Gasteiger partial charge is 0.0931 e. The normalized spacial score (nSPS) is 17.2. The largest absolute Gasteiger partial charge is 0.383 e. The van der Waals surface area contributed by atoms with E-state index in [1.807, 2.05) is 0 Å². The molecule has 0 unspecified atom stereocenters. The number of hydrogen-bond donors (Lipinski definition) is 1. The number of ether oxygens (including phenoxy) is 1. The molecule has 0 saturated carbocycles. The molecule has 1 aromatic heterocycles. The Morgan fingerprint density at radius 1 is 1.26 bits per heavy atom. The lowest BCUT2D eigenvalue weighted by Crippen LogP contribution is -2.47. The Morgan fingerprint density at radius 3 is 2.89 bits per heavy atom. The first-order valence-electron chi connectivity index (χ1n) is 6.76. The fraction of sp³-hybridized carbons (Fsp3) is 0.500. The molecule has 1 N–H and O–H groups in total. The molecule has 2 heterocycles. The summed E-state index contributed by atoms with van der Waals surface area (Å²) in [5, 5.41) is 0. The molecule has 2 aromatic rings. The zero-order valence-corrected chi connectivity index (χ0v) is 11.3. The summed E-state index contributed by atoms with van der Waals surface area (Å²) in [7, 11) is 1.76. The SMILES string of the molecule is COCCN1CCN(c2ccc3nc[nH]c3c2)CC1. The van der Waals surface area contributed by atoms with Crippen molar-refractivity contribution in [2.24, 2.45) is 0 Å². The van der Waals surface area contributed by atoms with Crippen LogP contribution in [0.15, 0.2) is 24.5 Å². The first-order chi connectivity index (χ1) is 9.36. The monoisotopic (exact) mass is 260 g/mol. The van der Waals surface area contributed by atoms with Gasteiger partial charge in [0.05, 0.1) is 24.0 Å². The Kier molecular flexibility index (Phi) is 3.66. The van der Waals surface area contributed by atoms with Crippen LogP contribution in [0.4, 0.5) is 5.69 Å². The predicted molar refractivity (Wildman–Crippen MR) is 76.6 cm³/mol. The third-order valence-corrected chi connectivity index (χ3v) is 3.75. The molecule has 19 heavy (non-hydrogen) atoms. The summed E-state index contributed by atoms with van der Waals surface area (Å²) in [5.41, 5.74) is 3.42. The highest BCUT2D eigenvalue weighted by atomic mass is 16.5. The summed E-state index contributed by atoms with van der Waals surface area (Å²) in [5.74, 6) is 0. The Morgan fingerprint density at radius 2 is 2.11 bits per heavy atom. The third-order valence-electron chi connectivity index (χ3n) is 3.75. The van der Waals surface area contributed by atoms with Crippen molar-refractivity contribution in [2.75, 3.05) is 51.3 Å².